The van der Waals surface area contributed by atoms with Gasteiger partial charge in [0, 0.05) is 65.3 Å². The molecule has 1 fully saturated rings. The number of nitrogens with one attached hydrogen (secondary N) is 1. The van der Waals surface area contributed by atoms with Crippen LogP contribution in [-0.4, -0.2) is 58.0 Å². The average Bonchev–Trinajstić information content (AvgIpc) is 3.22. The first kappa shape index (κ1) is 33.1. The van der Waals surface area contributed by atoms with Gasteiger partial charge in [-0.1, -0.05) is 36.7 Å². The molecule has 2 aliphatic heterocycles. The Kier molecular flexibility index (Phi) is 8.84. The number of benzene rings is 2. The summed E-state index contributed by atoms with van der Waals surface area (Å²) in [7, 11) is -1.20. The molecule has 2 aliphatic carbocycles. The van der Waals surface area contributed by atoms with Gasteiger partial charge in [0.25, 0.3) is 5.91 Å². The molecule has 2 bridgehead atoms. The van der Waals surface area contributed by atoms with Gasteiger partial charge in [0.05, 0.1) is 22.0 Å². The largest absolute Gasteiger partial charge is 0.490 e. The monoisotopic (exact) mass is 688 g/mol. The molecule has 3 aromatic rings. The minimum Gasteiger partial charge on any atom is -0.490 e. The minimum absolute atomic E-state index is 0.0152. The van der Waals surface area contributed by atoms with Crippen LogP contribution in [0.5, 0.6) is 5.75 Å². The van der Waals surface area contributed by atoms with Crippen LogP contribution in [0.1, 0.15) is 73.0 Å². The molecule has 1 N–H and O–H groups in total. The Labute approximate surface area is 289 Å². The maximum absolute atomic E-state index is 13.9. The molecule has 8 nitrogen and oxygen atoms in total. The summed E-state index contributed by atoms with van der Waals surface area (Å²) in [6.07, 6.45) is 15.3. The van der Waals surface area contributed by atoms with Crippen LogP contribution >= 0.6 is 11.6 Å². The van der Waals surface area contributed by atoms with E-state index in [0.29, 0.717) is 18.6 Å². The quantitative estimate of drug-likeness (QED) is 0.242. The van der Waals surface area contributed by atoms with Gasteiger partial charge in [-0.25, -0.2) is 14.2 Å². The number of allylic oxidation sites excluding steroid dienone is 1. The Morgan fingerprint density at radius 1 is 1.15 bits per heavy atom. The first-order valence-corrected chi connectivity index (χ1v) is 19.2. The van der Waals surface area contributed by atoms with Crippen molar-refractivity contribution in [3.05, 3.63) is 94.5 Å². The fourth-order valence-electron chi connectivity index (χ4n) is 8.50. The number of hydrogen-bond acceptors (Lipinski definition) is 7. The summed E-state index contributed by atoms with van der Waals surface area (Å²) >= 11 is 6.48. The summed E-state index contributed by atoms with van der Waals surface area (Å²) in [5.41, 5.74) is 3.82. The van der Waals surface area contributed by atoms with Gasteiger partial charge in [-0.15, -0.1) is 0 Å². The highest BCUT2D eigenvalue weighted by Crippen LogP contribution is 2.52. The summed E-state index contributed by atoms with van der Waals surface area (Å²) in [5, 5.41) is 0.383. The summed E-state index contributed by atoms with van der Waals surface area (Å²) < 4.78 is 29.9. The molecule has 7 rings (SSSR count). The number of hydrogen-bond donors (Lipinski definition) is 1. The van der Waals surface area contributed by atoms with Crippen molar-refractivity contribution in [1.29, 1.82) is 0 Å². The number of halogens is 1. The maximum Gasteiger partial charge on any atom is 0.262 e. The number of aromatic nitrogens is 2. The third-order valence-electron chi connectivity index (χ3n) is 11.6. The molecule has 0 saturated heterocycles. The highest BCUT2D eigenvalue weighted by molar-refractivity contribution is 7.99. The van der Waals surface area contributed by atoms with E-state index in [-0.39, 0.29) is 34.3 Å². The number of rotatable bonds is 2. The number of nitrogens with zero attached hydrogens (tertiary/aromatic N) is 3. The molecule has 10 heteroatoms. The smallest absolute Gasteiger partial charge is 0.262 e. The average molecular weight is 689 g/mol. The van der Waals surface area contributed by atoms with Gasteiger partial charge >= 0.3 is 0 Å². The first-order chi connectivity index (χ1) is 23.0. The van der Waals surface area contributed by atoms with Crippen molar-refractivity contribution in [2.75, 3.05) is 31.7 Å². The van der Waals surface area contributed by atoms with Gasteiger partial charge in [0.15, 0.2) is 0 Å². The van der Waals surface area contributed by atoms with Crippen LogP contribution in [-0.2, 0) is 31.9 Å². The van der Waals surface area contributed by atoms with E-state index >= 15 is 0 Å². The van der Waals surface area contributed by atoms with Crippen molar-refractivity contribution in [3.63, 3.8) is 0 Å². The predicted molar refractivity (Wildman–Crippen MR) is 192 cm³/mol. The first-order valence-electron chi connectivity index (χ1n) is 17.0. The number of fused-ring (bicyclic) bond motifs is 4. The second kappa shape index (κ2) is 12.8. The Morgan fingerprint density at radius 3 is 2.71 bits per heavy atom. The highest BCUT2D eigenvalue weighted by Gasteiger charge is 2.50. The molecule has 1 unspecified atom stereocenters. The zero-order valence-corrected chi connectivity index (χ0v) is 29.6. The molecule has 1 saturated carbocycles. The number of carbonyl (C=O) groups is 1. The van der Waals surface area contributed by atoms with Gasteiger partial charge in [0.2, 0.25) is 0 Å². The molecule has 254 valence electrons. The van der Waals surface area contributed by atoms with E-state index < -0.39 is 15.3 Å². The topological polar surface area (TPSA) is 93.7 Å². The van der Waals surface area contributed by atoms with Crippen LogP contribution < -0.4 is 14.4 Å². The lowest BCUT2D eigenvalue weighted by atomic mass is 9.62. The zero-order valence-electron chi connectivity index (χ0n) is 28.0. The van der Waals surface area contributed by atoms with Crippen molar-refractivity contribution in [1.82, 2.24) is 14.7 Å². The van der Waals surface area contributed by atoms with Gasteiger partial charge in [-0.05, 0) is 105 Å². The summed E-state index contributed by atoms with van der Waals surface area (Å²) in [4.78, 5) is 24.9. The third kappa shape index (κ3) is 5.81. The number of carbonyl (C=O) groups excluding carboxylic acids is 1. The van der Waals surface area contributed by atoms with E-state index in [4.69, 9.17) is 21.1 Å². The van der Waals surface area contributed by atoms with Crippen LogP contribution in [0.4, 0.5) is 5.69 Å². The zero-order chi connectivity index (χ0) is 33.7. The van der Waals surface area contributed by atoms with E-state index in [1.54, 1.807) is 19.5 Å². The highest BCUT2D eigenvalue weighted by atomic mass is 35.5. The molecule has 2 aromatic carbocycles. The van der Waals surface area contributed by atoms with E-state index in [0.717, 1.165) is 67.2 Å². The lowest BCUT2D eigenvalue weighted by Gasteiger charge is -2.50. The Bertz CT molecular complexity index is 1840. The number of amides is 1. The fourth-order valence-corrected chi connectivity index (χ4v) is 10.2. The molecular formula is C38H45ClN4O4S. The standard InChI is InChI=1S/C38H45ClN4O4S/c1-25-7-5-16-38(46-3,30-19-40-24-41-20-30)33-12-9-29(33)21-43-22-37(15-6-8-27-17-31(39)11-13-32(27)37)23-47-35-14-10-28(18-34(35)43)36(44)42-48(4,45)26(25)2/h5,10-11,13-14,16-20,24-26,29,33H,4,6-9,12,15,21-23H2,1-3H3,(H,42,44,45)/b16-5+/t25-,26+,29-,33+,37-,38+,48?/m0/s1. The predicted octanol–water partition coefficient (Wildman–Crippen LogP) is 6.52. The van der Waals surface area contributed by atoms with Crippen molar-refractivity contribution in [3.8, 4) is 5.75 Å². The van der Waals surface area contributed by atoms with Crippen molar-refractivity contribution in [2.45, 2.75) is 68.6 Å². The molecule has 1 aromatic heterocycles. The maximum atomic E-state index is 13.9. The lowest BCUT2D eigenvalue weighted by Crippen LogP contribution is -2.52. The molecule has 0 radical (unpaired) electrons. The Hall–Kier alpha value is -3.40. The summed E-state index contributed by atoms with van der Waals surface area (Å²) in [6.45, 7) is 5.96. The van der Waals surface area contributed by atoms with Gasteiger partial charge in [-0.2, -0.15) is 0 Å². The number of ether oxygens (including phenoxy) is 2. The Balaban J connectivity index is 1.36. The third-order valence-corrected chi connectivity index (χ3v) is 14.0. The van der Waals surface area contributed by atoms with Crippen LogP contribution in [0.15, 0.2) is 67.3 Å². The van der Waals surface area contributed by atoms with Crippen LogP contribution in [0.2, 0.25) is 5.02 Å². The molecular weight excluding hydrogens is 644 g/mol. The minimum atomic E-state index is -2.97. The van der Waals surface area contributed by atoms with E-state index in [2.05, 4.69) is 49.7 Å². The SMILES string of the molecule is C=S1(=O)NC(=O)c2ccc3c(c2)N(C[C@@H]2CC[C@H]2[C@](OC)(c2cncnc2)/C=C/C[C@H](C)[C@H]1C)C[C@@]1(CCCc2cc(Cl)ccc21)CO3. The number of anilines is 1. The van der Waals surface area contributed by atoms with Crippen molar-refractivity contribution < 1.29 is 18.5 Å². The molecule has 3 heterocycles. The van der Waals surface area contributed by atoms with Crippen LogP contribution in [0, 0.1) is 17.8 Å². The molecule has 4 aliphatic rings. The molecule has 1 amide bonds. The number of aryl methyl sites for hydroxylation is 1. The van der Waals surface area contributed by atoms with Gasteiger partial charge < -0.3 is 14.4 Å². The number of methoxy groups -OCH3 is 1. The van der Waals surface area contributed by atoms with Gasteiger partial charge in [0.1, 0.15) is 17.7 Å². The van der Waals surface area contributed by atoms with E-state index in [1.165, 1.54) is 11.1 Å². The fraction of sp³-hybridized carbons (Fsp3) is 0.474. The molecule has 1 spiro atoms. The van der Waals surface area contributed by atoms with Crippen LogP contribution in [0.3, 0.4) is 0 Å². The van der Waals surface area contributed by atoms with E-state index in [9.17, 15) is 9.00 Å². The molecule has 7 atom stereocenters. The van der Waals surface area contributed by atoms with Crippen LogP contribution in [0.25, 0.3) is 0 Å². The summed E-state index contributed by atoms with van der Waals surface area (Å²) in [6, 6.07) is 11.8. The molecule has 48 heavy (non-hydrogen) atoms. The summed E-state index contributed by atoms with van der Waals surface area (Å²) in [5.74, 6) is 4.81. The van der Waals surface area contributed by atoms with E-state index in [1.807, 2.05) is 44.4 Å². The van der Waals surface area contributed by atoms with Gasteiger partial charge in [-0.3, -0.25) is 9.52 Å². The Morgan fingerprint density at radius 2 is 1.96 bits per heavy atom. The normalized spacial score (nSPS) is 34.1. The lowest BCUT2D eigenvalue weighted by molar-refractivity contribution is -0.0808. The van der Waals surface area contributed by atoms with Crippen molar-refractivity contribution >= 4 is 38.8 Å². The second-order valence-electron chi connectivity index (χ2n) is 14.3. The van der Waals surface area contributed by atoms with Crippen molar-refractivity contribution in [2.24, 2.45) is 17.8 Å². The second-order valence-corrected chi connectivity index (χ2v) is 17.2.